The fourth-order valence-electron chi connectivity index (χ4n) is 3.24. The van der Waals surface area contributed by atoms with Crippen molar-refractivity contribution in [3.8, 4) is 0 Å². The number of para-hydroxylation sites is 1. The Morgan fingerprint density at radius 1 is 1.06 bits per heavy atom. The van der Waals surface area contributed by atoms with E-state index < -0.39 is 28.0 Å². The highest BCUT2D eigenvalue weighted by Gasteiger charge is 2.26. The van der Waals surface area contributed by atoms with Gasteiger partial charge in [-0.2, -0.15) is 4.31 Å². The Kier molecular flexibility index (Phi) is 6.26. The normalized spacial score (nSPS) is 15.9. The molecule has 1 aliphatic rings. The fourth-order valence-corrected chi connectivity index (χ4v) is 4.65. The zero-order valence-corrected chi connectivity index (χ0v) is 18.1. The molecule has 32 heavy (non-hydrogen) atoms. The first-order chi connectivity index (χ1) is 15.3. The number of ether oxygens (including phenoxy) is 2. The first-order valence-corrected chi connectivity index (χ1v) is 11.5. The average molecular weight is 458 g/mol. The number of furan rings is 1. The molecule has 10 heteroatoms. The van der Waals surface area contributed by atoms with E-state index in [1.165, 1.54) is 35.5 Å². The molecule has 1 aliphatic heterocycles. The summed E-state index contributed by atoms with van der Waals surface area (Å²) in [6.45, 7) is 2.76. The van der Waals surface area contributed by atoms with Crippen LogP contribution in [-0.2, 0) is 24.3 Å². The fraction of sp³-hybridized carbons (Fsp3) is 0.273. The van der Waals surface area contributed by atoms with Gasteiger partial charge in [0.05, 0.1) is 18.1 Å². The van der Waals surface area contributed by atoms with Gasteiger partial charge in [0.25, 0.3) is 5.91 Å². The maximum absolute atomic E-state index is 12.7. The van der Waals surface area contributed by atoms with E-state index in [0.29, 0.717) is 37.6 Å². The van der Waals surface area contributed by atoms with E-state index in [0.717, 1.165) is 5.39 Å². The molecule has 0 bridgehead atoms. The minimum absolute atomic E-state index is 0.00326. The Morgan fingerprint density at radius 3 is 2.44 bits per heavy atom. The number of rotatable bonds is 6. The molecule has 1 N–H and O–H groups in total. The van der Waals surface area contributed by atoms with Crippen molar-refractivity contribution in [2.24, 2.45) is 0 Å². The van der Waals surface area contributed by atoms with Crippen LogP contribution in [0.5, 0.6) is 0 Å². The van der Waals surface area contributed by atoms with Crippen molar-refractivity contribution >= 4 is 38.6 Å². The second-order valence-corrected chi connectivity index (χ2v) is 9.16. The van der Waals surface area contributed by atoms with Crippen molar-refractivity contribution in [1.82, 2.24) is 4.31 Å². The molecule has 1 fully saturated rings. The van der Waals surface area contributed by atoms with Crippen LogP contribution >= 0.6 is 0 Å². The molecule has 1 atom stereocenters. The SMILES string of the molecule is C[C@@H](OC(=O)c1cc2ccccc2o1)C(=O)Nc1ccc(S(=O)(=O)N2CCOCC2)cc1. The molecule has 2 heterocycles. The van der Waals surface area contributed by atoms with Gasteiger partial charge in [0.15, 0.2) is 6.10 Å². The highest BCUT2D eigenvalue weighted by Crippen LogP contribution is 2.21. The Morgan fingerprint density at radius 2 is 1.75 bits per heavy atom. The summed E-state index contributed by atoms with van der Waals surface area (Å²) < 4.78 is 42.5. The topological polar surface area (TPSA) is 115 Å². The quantitative estimate of drug-likeness (QED) is 0.565. The van der Waals surface area contributed by atoms with Gasteiger partial charge in [-0.1, -0.05) is 18.2 Å². The van der Waals surface area contributed by atoms with Crippen LogP contribution in [0, 0.1) is 0 Å². The van der Waals surface area contributed by atoms with Gasteiger partial charge in [-0.25, -0.2) is 13.2 Å². The van der Waals surface area contributed by atoms with Gasteiger partial charge in [-0.3, -0.25) is 4.79 Å². The van der Waals surface area contributed by atoms with Crippen LogP contribution in [0.25, 0.3) is 11.0 Å². The molecular weight excluding hydrogens is 436 g/mol. The molecule has 9 nitrogen and oxygen atoms in total. The maximum Gasteiger partial charge on any atom is 0.375 e. The molecular formula is C22H22N2O7S. The maximum atomic E-state index is 12.7. The molecule has 4 rings (SSSR count). The number of hydrogen-bond donors (Lipinski definition) is 1. The number of hydrogen-bond acceptors (Lipinski definition) is 7. The summed E-state index contributed by atoms with van der Waals surface area (Å²) in [5.74, 6) is -1.31. The largest absolute Gasteiger partial charge is 0.449 e. The highest BCUT2D eigenvalue weighted by molar-refractivity contribution is 7.89. The third kappa shape index (κ3) is 4.67. The third-order valence-corrected chi connectivity index (χ3v) is 6.92. The summed E-state index contributed by atoms with van der Waals surface area (Å²) in [6.07, 6.45) is -1.09. The smallest absolute Gasteiger partial charge is 0.375 e. The van der Waals surface area contributed by atoms with Crippen LogP contribution in [0.2, 0.25) is 0 Å². The van der Waals surface area contributed by atoms with E-state index >= 15 is 0 Å². The lowest BCUT2D eigenvalue weighted by molar-refractivity contribution is -0.123. The van der Waals surface area contributed by atoms with Crippen LogP contribution in [0.1, 0.15) is 17.5 Å². The van der Waals surface area contributed by atoms with Gasteiger partial charge in [0, 0.05) is 24.2 Å². The number of anilines is 1. The molecule has 1 aromatic heterocycles. The van der Waals surface area contributed by atoms with E-state index in [-0.39, 0.29) is 10.7 Å². The Labute approximate surface area is 184 Å². The van der Waals surface area contributed by atoms with E-state index in [2.05, 4.69) is 5.32 Å². The van der Waals surface area contributed by atoms with Crippen molar-refractivity contribution in [2.45, 2.75) is 17.9 Å². The lowest BCUT2D eigenvalue weighted by atomic mass is 10.2. The second-order valence-electron chi connectivity index (χ2n) is 7.23. The van der Waals surface area contributed by atoms with Crippen LogP contribution in [0.15, 0.2) is 63.9 Å². The predicted molar refractivity (Wildman–Crippen MR) is 116 cm³/mol. The van der Waals surface area contributed by atoms with Crippen molar-refractivity contribution in [3.63, 3.8) is 0 Å². The number of benzene rings is 2. The van der Waals surface area contributed by atoms with Gasteiger partial charge in [-0.15, -0.1) is 0 Å². The van der Waals surface area contributed by atoms with Crippen molar-refractivity contribution in [3.05, 3.63) is 60.4 Å². The first-order valence-electron chi connectivity index (χ1n) is 10.0. The van der Waals surface area contributed by atoms with Crippen LogP contribution < -0.4 is 5.32 Å². The summed E-state index contributed by atoms with van der Waals surface area (Å²) >= 11 is 0. The van der Waals surface area contributed by atoms with Gasteiger partial charge in [0.2, 0.25) is 15.8 Å². The van der Waals surface area contributed by atoms with E-state index in [1.807, 2.05) is 6.07 Å². The number of carbonyl (C=O) groups is 2. The lowest BCUT2D eigenvalue weighted by Gasteiger charge is -2.26. The van der Waals surface area contributed by atoms with E-state index in [9.17, 15) is 18.0 Å². The minimum atomic E-state index is -3.62. The van der Waals surface area contributed by atoms with Crippen LogP contribution in [0.3, 0.4) is 0 Å². The molecule has 0 aliphatic carbocycles. The Balaban J connectivity index is 1.37. The number of amides is 1. The Hall–Kier alpha value is -3.21. The molecule has 1 amide bonds. The van der Waals surface area contributed by atoms with Crippen molar-refractivity contribution in [1.29, 1.82) is 0 Å². The zero-order valence-electron chi connectivity index (χ0n) is 17.3. The molecule has 0 unspecified atom stereocenters. The summed E-state index contributed by atoms with van der Waals surface area (Å²) in [5, 5.41) is 3.36. The molecule has 168 valence electrons. The number of esters is 1. The van der Waals surface area contributed by atoms with Crippen LogP contribution in [-0.4, -0.2) is 57.0 Å². The zero-order chi connectivity index (χ0) is 22.7. The van der Waals surface area contributed by atoms with Crippen molar-refractivity contribution in [2.75, 3.05) is 31.6 Å². The summed E-state index contributed by atoms with van der Waals surface area (Å²) in [6, 6.07) is 14.5. The number of sulfonamides is 1. The van der Waals surface area contributed by atoms with Crippen LogP contribution in [0.4, 0.5) is 5.69 Å². The number of nitrogens with zero attached hydrogens (tertiary/aromatic N) is 1. The summed E-state index contributed by atoms with van der Waals surface area (Å²) in [4.78, 5) is 24.9. The highest BCUT2D eigenvalue weighted by atomic mass is 32.2. The average Bonchev–Trinajstić information content (AvgIpc) is 3.24. The second kappa shape index (κ2) is 9.11. The molecule has 0 radical (unpaired) electrons. The molecule has 0 spiro atoms. The number of morpholine rings is 1. The van der Waals surface area contributed by atoms with Gasteiger partial charge in [0.1, 0.15) is 5.58 Å². The number of fused-ring (bicyclic) bond motifs is 1. The Bertz CT molecular complexity index is 1200. The minimum Gasteiger partial charge on any atom is -0.449 e. The predicted octanol–water partition coefficient (Wildman–Crippen LogP) is 2.64. The molecule has 0 saturated carbocycles. The lowest BCUT2D eigenvalue weighted by Crippen LogP contribution is -2.40. The standard InChI is InChI=1S/C22H22N2O7S/c1-15(30-22(26)20-14-16-4-2-3-5-19(16)31-20)21(25)23-17-6-8-18(9-7-17)32(27,28)24-10-12-29-13-11-24/h2-9,14-15H,10-13H2,1H3,(H,23,25)/t15-/m1/s1. The monoisotopic (exact) mass is 458 g/mol. The molecule has 1 saturated heterocycles. The summed E-state index contributed by atoms with van der Waals surface area (Å²) in [5.41, 5.74) is 0.922. The van der Waals surface area contributed by atoms with Crippen molar-refractivity contribution < 1.29 is 31.9 Å². The molecule has 3 aromatic rings. The van der Waals surface area contributed by atoms with Gasteiger partial charge >= 0.3 is 5.97 Å². The third-order valence-electron chi connectivity index (χ3n) is 5.01. The van der Waals surface area contributed by atoms with E-state index in [1.54, 1.807) is 24.3 Å². The number of carbonyl (C=O) groups excluding carboxylic acids is 2. The first kappa shape index (κ1) is 22.0. The number of nitrogens with one attached hydrogen (secondary N) is 1. The van der Waals surface area contributed by atoms with Gasteiger partial charge in [-0.05, 0) is 43.3 Å². The summed E-state index contributed by atoms with van der Waals surface area (Å²) in [7, 11) is -3.62. The van der Waals surface area contributed by atoms with E-state index in [4.69, 9.17) is 13.9 Å². The molecule has 2 aromatic carbocycles. The van der Waals surface area contributed by atoms with Gasteiger partial charge < -0.3 is 19.2 Å².